The van der Waals surface area contributed by atoms with Gasteiger partial charge in [0.1, 0.15) is 5.60 Å². The number of methoxy groups -OCH3 is 1. The fourth-order valence-electron chi connectivity index (χ4n) is 3.10. The first-order chi connectivity index (χ1) is 8.54. The van der Waals surface area contributed by atoms with E-state index in [1.54, 1.807) is 7.11 Å². The largest absolute Gasteiger partial charge is 0.369 e. The molecule has 2 unspecified atom stereocenters. The molecule has 0 radical (unpaired) electrons. The average Bonchev–Trinajstić information content (AvgIpc) is 2.92. The molecule has 0 bridgehead atoms. The van der Waals surface area contributed by atoms with Crippen molar-refractivity contribution < 1.29 is 9.53 Å². The summed E-state index contributed by atoms with van der Waals surface area (Å²) < 4.78 is 5.31. The van der Waals surface area contributed by atoms with Gasteiger partial charge >= 0.3 is 0 Å². The fraction of sp³-hybridized carbons (Fsp3) is 0.929. The third kappa shape index (κ3) is 2.86. The van der Waals surface area contributed by atoms with E-state index in [0.717, 1.165) is 26.1 Å². The van der Waals surface area contributed by atoms with Crippen LogP contribution in [0.3, 0.4) is 0 Å². The molecule has 4 nitrogen and oxygen atoms in total. The molecule has 0 saturated carbocycles. The zero-order chi connectivity index (χ0) is 13.2. The Labute approximate surface area is 110 Å². The summed E-state index contributed by atoms with van der Waals surface area (Å²) in [5.41, 5.74) is -0.689. The van der Waals surface area contributed by atoms with Gasteiger partial charge in [-0.05, 0) is 52.0 Å². The maximum absolute atomic E-state index is 12.4. The second-order valence-corrected chi connectivity index (χ2v) is 6.07. The van der Waals surface area contributed by atoms with Crippen LogP contribution in [0.2, 0.25) is 0 Å². The third-order valence-corrected chi connectivity index (χ3v) is 4.44. The summed E-state index contributed by atoms with van der Waals surface area (Å²) in [6.07, 6.45) is 4.91. The lowest BCUT2D eigenvalue weighted by atomic mass is 9.89. The number of hydrogen-bond donors (Lipinski definition) is 1. The van der Waals surface area contributed by atoms with Crippen LogP contribution >= 0.6 is 0 Å². The van der Waals surface area contributed by atoms with Crippen LogP contribution in [-0.4, -0.2) is 49.2 Å². The van der Waals surface area contributed by atoms with Crippen LogP contribution in [0, 0.1) is 5.92 Å². The highest BCUT2D eigenvalue weighted by Crippen LogP contribution is 2.26. The molecule has 2 rings (SSSR count). The van der Waals surface area contributed by atoms with Crippen molar-refractivity contribution in [3.05, 3.63) is 0 Å². The van der Waals surface area contributed by atoms with E-state index in [1.807, 2.05) is 18.7 Å². The summed E-state index contributed by atoms with van der Waals surface area (Å²) in [4.78, 5) is 14.4. The summed E-state index contributed by atoms with van der Waals surface area (Å²) in [5.74, 6) is 0.755. The molecule has 18 heavy (non-hydrogen) atoms. The Kier molecular flexibility index (Phi) is 4.28. The van der Waals surface area contributed by atoms with Crippen molar-refractivity contribution in [1.29, 1.82) is 0 Å². The molecule has 2 aliphatic heterocycles. The highest BCUT2D eigenvalue weighted by Gasteiger charge is 2.36. The molecule has 0 aromatic rings. The van der Waals surface area contributed by atoms with Crippen LogP contribution in [0.15, 0.2) is 0 Å². The molecule has 2 aliphatic rings. The van der Waals surface area contributed by atoms with E-state index >= 15 is 0 Å². The number of hydrogen-bond acceptors (Lipinski definition) is 3. The fourth-order valence-corrected chi connectivity index (χ4v) is 3.10. The molecule has 2 atom stereocenters. The third-order valence-electron chi connectivity index (χ3n) is 4.44. The molecular formula is C14H26N2O2. The van der Waals surface area contributed by atoms with Crippen molar-refractivity contribution in [3.63, 3.8) is 0 Å². The van der Waals surface area contributed by atoms with Crippen LogP contribution in [-0.2, 0) is 9.53 Å². The number of rotatable bonds is 3. The van der Waals surface area contributed by atoms with E-state index in [-0.39, 0.29) is 5.91 Å². The standard InChI is InChI=1S/C14H26N2O2/c1-14(2,18-3)13(17)16-9-5-6-11(10-16)12-7-4-8-15-12/h11-12,15H,4-10H2,1-3H3. The van der Waals surface area contributed by atoms with Crippen LogP contribution in [0.5, 0.6) is 0 Å². The Morgan fingerprint density at radius 1 is 1.33 bits per heavy atom. The first-order valence-corrected chi connectivity index (χ1v) is 7.12. The summed E-state index contributed by atoms with van der Waals surface area (Å²) in [7, 11) is 1.61. The lowest BCUT2D eigenvalue weighted by Crippen LogP contribution is -2.52. The second kappa shape index (κ2) is 5.57. The van der Waals surface area contributed by atoms with Crippen LogP contribution in [0.1, 0.15) is 39.5 Å². The van der Waals surface area contributed by atoms with E-state index < -0.39 is 5.60 Å². The van der Waals surface area contributed by atoms with Crippen LogP contribution in [0.25, 0.3) is 0 Å². The molecule has 104 valence electrons. The molecule has 2 fully saturated rings. The lowest BCUT2D eigenvalue weighted by molar-refractivity contribution is -0.153. The molecule has 1 N–H and O–H groups in total. The Morgan fingerprint density at radius 3 is 2.72 bits per heavy atom. The highest BCUT2D eigenvalue weighted by molar-refractivity contribution is 5.84. The molecule has 0 spiro atoms. The number of amides is 1. The number of likely N-dealkylation sites (tertiary alicyclic amines) is 1. The van der Waals surface area contributed by atoms with E-state index in [0.29, 0.717) is 12.0 Å². The Morgan fingerprint density at radius 2 is 2.11 bits per heavy atom. The molecule has 2 heterocycles. The van der Waals surface area contributed by atoms with Crippen molar-refractivity contribution in [2.24, 2.45) is 5.92 Å². The number of nitrogens with zero attached hydrogens (tertiary/aromatic N) is 1. The van der Waals surface area contributed by atoms with Crippen molar-refractivity contribution >= 4 is 5.91 Å². The number of nitrogens with one attached hydrogen (secondary N) is 1. The van der Waals surface area contributed by atoms with Crippen molar-refractivity contribution in [2.45, 2.75) is 51.2 Å². The van der Waals surface area contributed by atoms with Crippen LogP contribution < -0.4 is 5.32 Å². The maximum atomic E-state index is 12.4. The number of carbonyl (C=O) groups excluding carboxylic acids is 1. The van der Waals surface area contributed by atoms with Gasteiger partial charge in [0.2, 0.25) is 0 Å². The van der Waals surface area contributed by atoms with Gasteiger partial charge in [-0.2, -0.15) is 0 Å². The molecule has 2 saturated heterocycles. The number of ether oxygens (including phenoxy) is 1. The second-order valence-electron chi connectivity index (χ2n) is 6.07. The highest BCUT2D eigenvalue weighted by atomic mass is 16.5. The minimum Gasteiger partial charge on any atom is -0.369 e. The maximum Gasteiger partial charge on any atom is 0.254 e. The quantitative estimate of drug-likeness (QED) is 0.828. The minimum absolute atomic E-state index is 0.132. The van der Waals surface area contributed by atoms with Gasteiger partial charge in [0.15, 0.2) is 0 Å². The lowest BCUT2D eigenvalue weighted by Gasteiger charge is -2.39. The summed E-state index contributed by atoms with van der Waals surface area (Å²) in [6, 6.07) is 0.617. The average molecular weight is 254 g/mol. The summed E-state index contributed by atoms with van der Waals surface area (Å²) >= 11 is 0. The molecule has 1 amide bonds. The normalized spacial score (nSPS) is 29.6. The predicted molar refractivity (Wildman–Crippen MR) is 71.4 cm³/mol. The van der Waals surface area contributed by atoms with E-state index in [1.165, 1.54) is 19.3 Å². The topological polar surface area (TPSA) is 41.6 Å². The molecule has 0 aliphatic carbocycles. The van der Waals surface area contributed by atoms with Gasteiger partial charge in [0.05, 0.1) is 0 Å². The van der Waals surface area contributed by atoms with Gasteiger partial charge < -0.3 is 15.0 Å². The van der Waals surface area contributed by atoms with Crippen molar-refractivity contribution in [1.82, 2.24) is 10.2 Å². The van der Waals surface area contributed by atoms with E-state index in [2.05, 4.69) is 5.32 Å². The monoisotopic (exact) mass is 254 g/mol. The number of carbonyl (C=O) groups is 1. The van der Waals surface area contributed by atoms with Crippen molar-refractivity contribution in [2.75, 3.05) is 26.7 Å². The van der Waals surface area contributed by atoms with E-state index in [9.17, 15) is 4.79 Å². The number of piperidine rings is 1. The zero-order valence-corrected chi connectivity index (χ0v) is 11.9. The van der Waals surface area contributed by atoms with Gasteiger partial charge in [-0.15, -0.1) is 0 Å². The first kappa shape index (κ1) is 13.8. The summed E-state index contributed by atoms with van der Waals surface area (Å²) in [6.45, 7) is 6.62. The Bertz CT molecular complexity index is 298. The first-order valence-electron chi connectivity index (χ1n) is 7.12. The SMILES string of the molecule is COC(C)(C)C(=O)N1CCCC(C2CCCN2)C1. The van der Waals surface area contributed by atoms with Crippen LogP contribution in [0.4, 0.5) is 0 Å². The van der Waals surface area contributed by atoms with Gasteiger partial charge in [-0.1, -0.05) is 0 Å². The van der Waals surface area contributed by atoms with Gasteiger partial charge in [0, 0.05) is 26.2 Å². The Balaban J connectivity index is 1.95. The van der Waals surface area contributed by atoms with Crippen molar-refractivity contribution in [3.8, 4) is 0 Å². The molecule has 0 aromatic carbocycles. The summed E-state index contributed by atoms with van der Waals surface area (Å²) in [5, 5.41) is 3.57. The molecule has 0 aromatic heterocycles. The smallest absolute Gasteiger partial charge is 0.254 e. The van der Waals surface area contributed by atoms with Gasteiger partial charge in [0.25, 0.3) is 5.91 Å². The van der Waals surface area contributed by atoms with Gasteiger partial charge in [-0.3, -0.25) is 4.79 Å². The van der Waals surface area contributed by atoms with E-state index in [4.69, 9.17) is 4.74 Å². The molecule has 4 heteroatoms. The van der Waals surface area contributed by atoms with Gasteiger partial charge in [-0.25, -0.2) is 0 Å². The molecular weight excluding hydrogens is 228 g/mol. The Hall–Kier alpha value is -0.610. The predicted octanol–water partition coefficient (Wildman–Crippen LogP) is 1.40. The minimum atomic E-state index is -0.689. The zero-order valence-electron chi connectivity index (χ0n) is 11.9.